The van der Waals surface area contributed by atoms with Crippen molar-refractivity contribution in [3.05, 3.63) is 35.4 Å². The third-order valence-electron chi connectivity index (χ3n) is 1.46. The number of hydrogen-bond donors (Lipinski definition) is 0. The summed E-state index contributed by atoms with van der Waals surface area (Å²) in [6.07, 6.45) is 0. The van der Waals surface area contributed by atoms with Gasteiger partial charge in [0.15, 0.2) is 0 Å². The first-order valence-electron chi connectivity index (χ1n) is 3.42. The summed E-state index contributed by atoms with van der Waals surface area (Å²) in [5.74, 6) is 0.531. The molecule has 0 aliphatic rings. The average molecular weight is 204 g/mol. The fourth-order valence-electron chi connectivity index (χ4n) is 0.861. The molecule has 0 saturated heterocycles. The number of halogens is 1. The second kappa shape index (κ2) is 4.60. The lowest BCUT2D eigenvalue weighted by atomic mass is 10.2. The SMILES string of the molecule is O=S([O-])Cc1ccc(CCl)cc1. The Morgan fingerprint density at radius 3 is 2.17 bits per heavy atom. The van der Waals surface area contributed by atoms with Crippen LogP contribution < -0.4 is 0 Å². The number of rotatable bonds is 3. The van der Waals surface area contributed by atoms with Gasteiger partial charge >= 0.3 is 0 Å². The Bertz CT molecular complexity index is 271. The van der Waals surface area contributed by atoms with Gasteiger partial charge in [-0.1, -0.05) is 35.3 Å². The predicted molar refractivity (Wildman–Crippen MR) is 48.6 cm³/mol. The van der Waals surface area contributed by atoms with Gasteiger partial charge in [-0.3, -0.25) is 4.21 Å². The zero-order valence-corrected chi connectivity index (χ0v) is 7.90. The molecule has 66 valence electrons. The van der Waals surface area contributed by atoms with Crippen molar-refractivity contribution in [2.24, 2.45) is 0 Å². The summed E-state index contributed by atoms with van der Waals surface area (Å²) in [4.78, 5) is 0. The highest BCUT2D eigenvalue weighted by Gasteiger charge is 1.93. The van der Waals surface area contributed by atoms with Crippen LogP contribution in [0, 0.1) is 0 Å². The highest BCUT2D eigenvalue weighted by Crippen LogP contribution is 2.07. The summed E-state index contributed by atoms with van der Waals surface area (Å²) in [7, 11) is 0. The molecule has 0 saturated carbocycles. The van der Waals surface area contributed by atoms with Crippen LogP contribution in [0.15, 0.2) is 24.3 Å². The average Bonchev–Trinajstić information content (AvgIpc) is 2.05. The maximum Gasteiger partial charge on any atom is 0.0474 e. The van der Waals surface area contributed by atoms with Gasteiger partial charge in [0, 0.05) is 11.6 Å². The molecular formula is C8H8ClO2S-. The lowest BCUT2D eigenvalue weighted by Gasteiger charge is -2.04. The van der Waals surface area contributed by atoms with E-state index in [4.69, 9.17) is 11.6 Å². The summed E-state index contributed by atoms with van der Waals surface area (Å²) in [5.41, 5.74) is 1.79. The standard InChI is InChI=1S/C8H9ClO2S/c9-5-7-1-3-8(4-2-7)6-12(10)11/h1-4H,5-6H2,(H,10,11)/p-1. The molecule has 2 nitrogen and oxygen atoms in total. The first-order valence-corrected chi connectivity index (χ1v) is 5.20. The van der Waals surface area contributed by atoms with E-state index in [-0.39, 0.29) is 5.75 Å². The Labute approximate surface area is 78.8 Å². The highest BCUT2D eigenvalue weighted by atomic mass is 35.5. The van der Waals surface area contributed by atoms with Gasteiger partial charge in [-0.25, -0.2) is 0 Å². The quantitative estimate of drug-likeness (QED) is 0.555. The molecule has 1 aromatic carbocycles. The summed E-state index contributed by atoms with van der Waals surface area (Å²) >= 11 is 3.56. The number of benzene rings is 1. The summed E-state index contributed by atoms with van der Waals surface area (Å²) in [6, 6.07) is 7.20. The number of alkyl halides is 1. The van der Waals surface area contributed by atoms with Crippen molar-refractivity contribution in [3.63, 3.8) is 0 Å². The van der Waals surface area contributed by atoms with Crippen LogP contribution in [-0.2, 0) is 22.7 Å². The van der Waals surface area contributed by atoms with Gasteiger partial charge in [-0.05, 0) is 11.1 Å². The second-order valence-corrected chi connectivity index (χ2v) is 3.56. The van der Waals surface area contributed by atoms with E-state index in [0.29, 0.717) is 5.88 Å². The van der Waals surface area contributed by atoms with Crippen molar-refractivity contribution in [3.8, 4) is 0 Å². The molecule has 0 heterocycles. The topological polar surface area (TPSA) is 40.1 Å². The molecule has 1 atom stereocenters. The predicted octanol–water partition coefficient (Wildman–Crippen LogP) is 1.80. The fourth-order valence-corrected chi connectivity index (χ4v) is 1.50. The van der Waals surface area contributed by atoms with Crippen LogP contribution in [0.1, 0.15) is 11.1 Å². The summed E-state index contributed by atoms with van der Waals surface area (Å²) in [5, 5.41) is 0. The van der Waals surface area contributed by atoms with Gasteiger partial charge < -0.3 is 4.55 Å². The Balaban J connectivity index is 2.71. The lowest BCUT2D eigenvalue weighted by Crippen LogP contribution is -1.92. The summed E-state index contributed by atoms with van der Waals surface area (Å²) in [6.45, 7) is 0. The molecule has 1 unspecified atom stereocenters. The molecule has 0 spiro atoms. The zero-order chi connectivity index (χ0) is 8.97. The Morgan fingerprint density at radius 1 is 1.25 bits per heavy atom. The zero-order valence-electron chi connectivity index (χ0n) is 6.33. The molecule has 1 aromatic rings. The molecule has 4 heteroatoms. The van der Waals surface area contributed by atoms with Crippen LogP contribution in [0.4, 0.5) is 0 Å². The van der Waals surface area contributed by atoms with Gasteiger partial charge in [-0.15, -0.1) is 11.6 Å². The van der Waals surface area contributed by atoms with Crippen LogP contribution in [0.5, 0.6) is 0 Å². The monoisotopic (exact) mass is 203 g/mol. The van der Waals surface area contributed by atoms with E-state index in [1.54, 1.807) is 12.1 Å². The fraction of sp³-hybridized carbons (Fsp3) is 0.250. The lowest BCUT2D eigenvalue weighted by molar-refractivity contribution is 0.536. The van der Waals surface area contributed by atoms with Gasteiger partial charge in [0.25, 0.3) is 0 Å². The molecular weight excluding hydrogens is 196 g/mol. The second-order valence-electron chi connectivity index (χ2n) is 2.40. The van der Waals surface area contributed by atoms with Crippen LogP contribution in [0.3, 0.4) is 0 Å². The third-order valence-corrected chi connectivity index (χ3v) is 2.34. The molecule has 0 N–H and O–H groups in total. The van der Waals surface area contributed by atoms with Crippen molar-refractivity contribution in [2.45, 2.75) is 11.6 Å². The molecule has 0 bridgehead atoms. The van der Waals surface area contributed by atoms with E-state index in [2.05, 4.69) is 0 Å². The van der Waals surface area contributed by atoms with Crippen LogP contribution in [-0.4, -0.2) is 8.76 Å². The van der Waals surface area contributed by atoms with Gasteiger partial charge in [0.05, 0.1) is 0 Å². The molecule has 0 amide bonds. The first-order chi connectivity index (χ1) is 5.72. The van der Waals surface area contributed by atoms with Crippen molar-refractivity contribution in [1.29, 1.82) is 0 Å². The molecule has 0 radical (unpaired) electrons. The largest absolute Gasteiger partial charge is 0.772 e. The Hall–Kier alpha value is -0.380. The minimum atomic E-state index is -2.01. The maximum absolute atomic E-state index is 10.3. The molecule has 1 rings (SSSR count). The van der Waals surface area contributed by atoms with Crippen LogP contribution >= 0.6 is 11.6 Å². The smallest absolute Gasteiger partial charge is 0.0474 e. The molecule has 12 heavy (non-hydrogen) atoms. The Morgan fingerprint density at radius 2 is 1.75 bits per heavy atom. The number of hydrogen-bond acceptors (Lipinski definition) is 2. The van der Waals surface area contributed by atoms with E-state index in [0.717, 1.165) is 11.1 Å². The Kier molecular flexibility index (Phi) is 3.72. The first kappa shape index (κ1) is 9.71. The normalized spacial score (nSPS) is 12.8. The summed E-state index contributed by atoms with van der Waals surface area (Å²) < 4.78 is 20.6. The van der Waals surface area contributed by atoms with Crippen molar-refractivity contribution in [2.75, 3.05) is 0 Å². The van der Waals surface area contributed by atoms with Crippen LogP contribution in [0.2, 0.25) is 0 Å². The molecule has 0 aromatic heterocycles. The van der Waals surface area contributed by atoms with E-state index >= 15 is 0 Å². The minimum Gasteiger partial charge on any atom is -0.772 e. The molecule has 0 fully saturated rings. The van der Waals surface area contributed by atoms with Crippen molar-refractivity contribution >= 4 is 22.7 Å². The van der Waals surface area contributed by atoms with Gasteiger partial charge in [0.1, 0.15) is 0 Å². The van der Waals surface area contributed by atoms with E-state index < -0.39 is 11.1 Å². The maximum atomic E-state index is 10.3. The molecule has 0 aliphatic heterocycles. The van der Waals surface area contributed by atoms with E-state index in [1.807, 2.05) is 12.1 Å². The third kappa shape index (κ3) is 2.93. The van der Waals surface area contributed by atoms with Gasteiger partial charge in [0.2, 0.25) is 0 Å². The van der Waals surface area contributed by atoms with E-state index in [1.165, 1.54) is 0 Å². The highest BCUT2D eigenvalue weighted by molar-refractivity contribution is 7.78. The van der Waals surface area contributed by atoms with Crippen LogP contribution in [0.25, 0.3) is 0 Å². The molecule has 0 aliphatic carbocycles. The van der Waals surface area contributed by atoms with Crippen molar-refractivity contribution in [1.82, 2.24) is 0 Å². The van der Waals surface area contributed by atoms with Gasteiger partial charge in [-0.2, -0.15) is 0 Å². The van der Waals surface area contributed by atoms with E-state index in [9.17, 15) is 8.76 Å². The van der Waals surface area contributed by atoms with Crippen molar-refractivity contribution < 1.29 is 8.76 Å². The minimum absolute atomic E-state index is 0.0720.